The molecule has 1 heterocycles. The van der Waals surface area contributed by atoms with E-state index < -0.39 is 30.8 Å². The number of amides is 2. The Morgan fingerprint density at radius 1 is 1.12 bits per heavy atom. The minimum Gasteiger partial charge on any atom is -0.447 e. The van der Waals surface area contributed by atoms with Crippen LogP contribution in [0.25, 0.3) is 0 Å². The molecule has 3 rings (SSSR count). The van der Waals surface area contributed by atoms with Crippen LogP contribution in [0.15, 0.2) is 60.7 Å². The maximum atomic E-state index is 14.3. The smallest absolute Gasteiger partial charge is 0.417 e. The summed E-state index contributed by atoms with van der Waals surface area (Å²) < 4.78 is 24.5. The molecule has 5 nitrogen and oxygen atoms in total. The average Bonchev–Trinajstić information content (AvgIpc) is 3.03. The van der Waals surface area contributed by atoms with E-state index in [1.165, 1.54) is 0 Å². The number of ether oxygens (including phenoxy) is 2. The summed E-state index contributed by atoms with van der Waals surface area (Å²) in [5.41, 5.74) is 1.83. The third kappa shape index (κ3) is 4.46. The zero-order valence-corrected chi connectivity index (χ0v) is 14.2. The second kappa shape index (κ2) is 8.58. The van der Waals surface area contributed by atoms with E-state index in [1.807, 2.05) is 60.7 Å². The predicted molar refractivity (Wildman–Crippen MR) is 93.1 cm³/mol. The van der Waals surface area contributed by atoms with Gasteiger partial charge < -0.3 is 9.47 Å². The molecule has 2 atom stereocenters. The highest BCUT2D eigenvalue weighted by atomic mass is 19.1. The summed E-state index contributed by atoms with van der Waals surface area (Å²) in [6.07, 6.45) is -2.29. The molecule has 1 unspecified atom stereocenters. The van der Waals surface area contributed by atoms with Crippen LogP contribution in [-0.4, -0.2) is 42.3 Å². The van der Waals surface area contributed by atoms with Gasteiger partial charge in [-0.15, -0.1) is 0 Å². The van der Waals surface area contributed by atoms with Crippen molar-refractivity contribution in [2.45, 2.75) is 25.2 Å². The molecule has 2 aromatic rings. The molecule has 0 spiro atoms. The van der Waals surface area contributed by atoms with E-state index in [-0.39, 0.29) is 13.2 Å². The number of halogens is 1. The molecule has 0 aliphatic carbocycles. The van der Waals surface area contributed by atoms with Crippen LogP contribution in [0.1, 0.15) is 11.1 Å². The van der Waals surface area contributed by atoms with Gasteiger partial charge in [0.1, 0.15) is 6.61 Å². The fourth-order valence-corrected chi connectivity index (χ4v) is 2.84. The SMILES string of the molecule is O=C1OC[C@H](Cc2ccccc2)N1C(=O)C(F)COCc1ccccc1. The van der Waals surface area contributed by atoms with Crippen molar-refractivity contribution in [3.8, 4) is 0 Å². The summed E-state index contributed by atoms with van der Waals surface area (Å²) in [5, 5.41) is 0. The molecule has 0 bridgehead atoms. The molecule has 1 aliphatic heterocycles. The monoisotopic (exact) mass is 357 g/mol. The molecule has 2 amide bonds. The fourth-order valence-electron chi connectivity index (χ4n) is 2.84. The number of rotatable bonds is 7. The number of alkyl halides is 1. The molecule has 6 heteroatoms. The largest absolute Gasteiger partial charge is 0.447 e. The lowest BCUT2D eigenvalue weighted by molar-refractivity contribution is -0.136. The van der Waals surface area contributed by atoms with Gasteiger partial charge in [-0.3, -0.25) is 4.79 Å². The summed E-state index contributed by atoms with van der Waals surface area (Å²) in [6.45, 7) is -0.140. The lowest BCUT2D eigenvalue weighted by Crippen LogP contribution is -2.45. The Balaban J connectivity index is 1.56. The predicted octanol–water partition coefficient (Wildman–Crippen LogP) is 3.13. The van der Waals surface area contributed by atoms with Gasteiger partial charge in [0.15, 0.2) is 0 Å². The van der Waals surface area contributed by atoms with Crippen molar-refractivity contribution in [2.24, 2.45) is 0 Å². The molecule has 26 heavy (non-hydrogen) atoms. The van der Waals surface area contributed by atoms with Crippen LogP contribution in [0.4, 0.5) is 9.18 Å². The van der Waals surface area contributed by atoms with Gasteiger partial charge in [0.05, 0.1) is 19.3 Å². The molecular weight excluding hydrogens is 337 g/mol. The van der Waals surface area contributed by atoms with E-state index in [0.29, 0.717) is 6.42 Å². The van der Waals surface area contributed by atoms with E-state index in [0.717, 1.165) is 16.0 Å². The molecule has 1 fully saturated rings. The highest BCUT2D eigenvalue weighted by Crippen LogP contribution is 2.19. The maximum Gasteiger partial charge on any atom is 0.417 e. The highest BCUT2D eigenvalue weighted by molar-refractivity contribution is 5.96. The normalized spacial score (nSPS) is 17.8. The van der Waals surface area contributed by atoms with Crippen molar-refractivity contribution in [3.05, 3.63) is 71.8 Å². The van der Waals surface area contributed by atoms with Crippen LogP contribution >= 0.6 is 0 Å². The molecule has 0 N–H and O–H groups in total. The van der Waals surface area contributed by atoms with Crippen molar-refractivity contribution < 1.29 is 23.5 Å². The van der Waals surface area contributed by atoms with Gasteiger partial charge in [-0.25, -0.2) is 14.1 Å². The lowest BCUT2D eigenvalue weighted by Gasteiger charge is -2.21. The topological polar surface area (TPSA) is 55.8 Å². The average molecular weight is 357 g/mol. The Morgan fingerprint density at radius 2 is 1.73 bits per heavy atom. The molecule has 1 aliphatic rings. The standard InChI is InChI=1S/C20H20FNO4/c21-18(14-25-12-16-9-5-2-6-10-16)19(23)22-17(13-26-20(22)24)11-15-7-3-1-4-8-15/h1-10,17-18H,11-14H2/t17-,18?/m0/s1. The van der Waals surface area contributed by atoms with Gasteiger partial charge in [-0.2, -0.15) is 0 Å². The zero-order valence-electron chi connectivity index (χ0n) is 14.2. The Morgan fingerprint density at radius 3 is 2.38 bits per heavy atom. The van der Waals surface area contributed by atoms with E-state index in [4.69, 9.17) is 9.47 Å². The summed E-state index contributed by atoms with van der Waals surface area (Å²) in [7, 11) is 0. The van der Waals surface area contributed by atoms with Gasteiger partial charge >= 0.3 is 6.09 Å². The van der Waals surface area contributed by atoms with Gasteiger partial charge in [0.25, 0.3) is 5.91 Å². The van der Waals surface area contributed by atoms with E-state index in [9.17, 15) is 14.0 Å². The molecule has 0 aromatic heterocycles. The zero-order chi connectivity index (χ0) is 18.4. The molecular formula is C20H20FNO4. The van der Waals surface area contributed by atoms with E-state index in [1.54, 1.807) is 0 Å². The second-order valence-electron chi connectivity index (χ2n) is 6.10. The van der Waals surface area contributed by atoms with Crippen LogP contribution in [0.2, 0.25) is 0 Å². The van der Waals surface area contributed by atoms with Crippen LogP contribution in [0.3, 0.4) is 0 Å². The molecule has 1 saturated heterocycles. The number of cyclic esters (lactones) is 1. The number of benzene rings is 2. The van der Waals surface area contributed by atoms with Crippen molar-refractivity contribution in [3.63, 3.8) is 0 Å². The number of imide groups is 1. The third-order valence-corrected chi connectivity index (χ3v) is 4.16. The molecule has 0 radical (unpaired) electrons. The first-order valence-electron chi connectivity index (χ1n) is 8.44. The molecule has 0 saturated carbocycles. The third-order valence-electron chi connectivity index (χ3n) is 4.16. The molecule has 136 valence electrons. The highest BCUT2D eigenvalue weighted by Gasteiger charge is 2.41. The Kier molecular flexibility index (Phi) is 5.96. The van der Waals surface area contributed by atoms with Crippen LogP contribution in [-0.2, 0) is 27.3 Å². The lowest BCUT2D eigenvalue weighted by atomic mass is 10.1. The maximum absolute atomic E-state index is 14.3. The van der Waals surface area contributed by atoms with Crippen LogP contribution in [0, 0.1) is 0 Å². The van der Waals surface area contributed by atoms with Crippen molar-refractivity contribution in [1.29, 1.82) is 0 Å². The summed E-state index contributed by atoms with van der Waals surface area (Å²) in [5.74, 6) is -0.915. The van der Waals surface area contributed by atoms with Gasteiger partial charge in [-0.05, 0) is 17.5 Å². The van der Waals surface area contributed by atoms with Crippen molar-refractivity contribution in [1.82, 2.24) is 4.90 Å². The summed E-state index contributed by atoms with van der Waals surface area (Å²) in [6, 6.07) is 18.2. The van der Waals surface area contributed by atoms with Gasteiger partial charge in [0, 0.05) is 0 Å². The van der Waals surface area contributed by atoms with E-state index >= 15 is 0 Å². The first-order chi connectivity index (χ1) is 12.6. The number of carbonyl (C=O) groups excluding carboxylic acids is 2. The number of nitrogens with zero attached hydrogens (tertiary/aromatic N) is 1. The Hall–Kier alpha value is -2.73. The summed E-state index contributed by atoms with van der Waals surface area (Å²) in [4.78, 5) is 25.1. The Labute approximate surface area is 151 Å². The van der Waals surface area contributed by atoms with Crippen molar-refractivity contribution >= 4 is 12.0 Å². The van der Waals surface area contributed by atoms with Crippen LogP contribution in [0.5, 0.6) is 0 Å². The summed E-state index contributed by atoms with van der Waals surface area (Å²) >= 11 is 0. The quantitative estimate of drug-likeness (QED) is 0.764. The fraction of sp³-hybridized carbons (Fsp3) is 0.300. The van der Waals surface area contributed by atoms with E-state index in [2.05, 4.69) is 0 Å². The van der Waals surface area contributed by atoms with Crippen molar-refractivity contribution in [2.75, 3.05) is 13.2 Å². The minimum absolute atomic E-state index is 0.0665. The Bertz CT molecular complexity index is 738. The molecule has 2 aromatic carbocycles. The van der Waals surface area contributed by atoms with Crippen LogP contribution < -0.4 is 0 Å². The number of hydrogen-bond acceptors (Lipinski definition) is 4. The van der Waals surface area contributed by atoms with Gasteiger partial charge in [0.2, 0.25) is 6.17 Å². The second-order valence-corrected chi connectivity index (χ2v) is 6.10. The van der Waals surface area contributed by atoms with Gasteiger partial charge in [-0.1, -0.05) is 60.7 Å². The minimum atomic E-state index is -1.91. The number of hydrogen-bond donors (Lipinski definition) is 0. The first kappa shape index (κ1) is 18.1. The first-order valence-corrected chi connectivity index (χ1v) is 8.44. The number of carbonyl (C=O) groups is 2.